The second-order valence-electron chi connectivity index (χ2n) is 7.39. The van der Waals surface area contributed by atoms with Crippen molar-refractivity contribution in [1.29, 1.82) is 0 Å². The van der Waals surface area contributed by atoms with Crippen molar-refractivity contribution in [2.45, 2.75) is 51.6 Å². The highest BCUT2D eigenvalue weighted by molar-refractivity contribution is 5.78. The molecule has 1 aliphatic heterocycles. The van der Waals surface area contributed by atoms with Crippen LogP contribution < -0.4 is 10.1 Å². The molecule has 3 rings (SSSR count). The quantitative estimate of drug-likeness (QED) is 0.696. The third kappa shape index (κ3) is 5.21. The van der Waals surface area contributed by atoms with Crippen LogP contribution in [-0.4, -0.2) is 49.8 Å². The van der Waals surface area contributed by atoms with Crippen LogP contribution in [0.1, 0.15) is 51.1 Å². The summed E-state index contributed by atoms with van der Waals surface area (Å²) in [4.78, 5) is 15.1. The molecule has 5 nitrogen and oxygen atoms in total. The molecule has 1 saturated heterocycles. The molecule has 0 spiro atoms. The summed E-state index contributed by atoms with van der Waals surface area (Å²) < 4.78 is 11.2. The lowest BCUT2D eigenvalue weighted by Gasteiger charge is -2.26. The van der Waals surface area contributed by atoms with Gasteiger partial charge in [0.15, 0.2) is 0 Å². The fraction of sp³-hybridized carbons (Fsp3) is 0.667. The standard InChI is InChI=1S/C21H32N2O3/c1-3-19(18-7-5-6-8-20(18)26-4-2)22-21(24)14-23(17-9-10-17)13-16-11-12-25-15-16/h5-8,16-17,19H,3-4,9-15H2,1-2H3,(H,22,24). The van der Waals surface area contributed by atoms with Gasteiger partial charge in [-0.1, -0.05) is 25.1 Å². The SMILES string of the molecule is CCOc1ccccc1C(CC)NC(=O)CN(CC1CCOC1)C1CC1. The average molecular weight is 360 g/mol. The Morgan fingerprint density at radius 2 is 2.12 bits per heavy atom. The predicted molar refractivity (Wildman–Crippen MR) is 102 cm³/mol. The Balaban J connectivity index is 1.59. The fourth-order valence-electron chi connectivity index (χ4n) is 3.72. The lowest BCUT2D eigenvalue weighted by molar-refractivity contribution is -0.123. The molecule has 1 heterocycles. The number of rotatable bonds is 10. The first-order chi connectivity index (χ1) is 12.7. The lowest BCUT2D eigenvalue weighted by Crippen LogP contribution is -2.42. The molecule has 2 aliphatic rings. The first-order valence-corrected chi connectivity index (χ1v) is 10.0. The zero-order valence-corrected chi connectivity index (χ0v) is 16.1. The molecule has 1 aromatic carbocycles. The fourth-order valence-corrected chi connectivity index (χ4v) is 3.72. The molecule has 2 atom stereocenters. The predicted octanol–water partition coefficient (Wildman–Crippen LogP) is 3.15. The maximum atomic E-state index is 12.7. The number of carbonyl (C=O) groups is 1. The highest BCUT2D eigenvalue weighted by Crippen LogP contribution is 2.30. The van der Waals surface area contributed by atoms with Gasteiger partial charge in [0.1, 0.15) is 5.75 Å². The molecule has 0 bridgehead atoms. The molecule has 1 N–H and O–H groups in total. The number of ether oxygens (including phenoxy) is 2. The Morgan fingerprint density at radius 3 is 2.77 bits per heavy atom. The van der Waals surface area contributed by atoms with Crippen molar-refractivity contribution in [2.24, 2.45) is 5.92 Å². The number of carbonyl (C=O) groups excluding carboxylic acids is 1. The van der Waals surface area contributed by atoms with Crippen LogP contribution in [0.2, 0.25) is 0 Å². The van der Waals surface area contributed by atoms with Gasteiger partial charge in [0, 0.05) is 24.8 Å². The van der Waals surface area contributed by atoms with Crippen LogP contribution in [0.25, 0.3) is 0 Å². The summed E-state index contributed by atoms with van der Waals surface area (Å²) in [7, 11) is 0. The van der Waals surface area contributed by atoms with Gasteiger partial charge >= 0.3 is 0 Å². The maximum absolute atomic E-state index is 12.7. The Labute approximate surface area is 157 Å². The maximum Gasteiger partial charge on any atom is 0.234 e. The van der Waals surface area contributed by atoms with Crippen LogP contribution in [0.4, 0.5) is 0 Å². The van der Waals surface area contributed by atoms with Gasteiger partial charge in [0.05, 0.1) is 25.8 Å². The third-order valence-corrected chi connectivity index (χ3v) is 5.26. The number of nitrogens with zero attached hydrogens (tertiary/aromatic N) is 1. The average Bonchev–Trinajstić information content (AvgIpc) is 3.37. The van der Waals surface area contributed by atoms with Crippen molar-refractivity contribution >= 4 is 5.91 Å². The molecule has 144 valence electrons. The number of nitrogens with one attached hydrogen (secondary N) is 1. The number of para-hydroxylation sites is 1. The summed E-state index contributed by atoms with van der Waals surface area (Å²) >= 11 is 0. The highest BCUT2D eigenvalue weighted by atomic mass is 16.5. The van der Waals surface area contributed by atoms with E-state index in [1.54, 1.807) is 0 Å². The van der Waals surface area contributed by atoms with Gasteiger partial charge in [-0.25, -0.2) is 0 Å². The van der Waals surface area contributed by atoms with E-state index in [1.165, 1.54) is 12.8 Å². The molecular weight excluding hydrogens is 328 g/mol. The molecule has 2 fully saturated rings. The van der Waals surface area contributed by atoms with Crippen molar-refractivity contribution in [3.63, 3.8) is 0 Å². The van der Waals surface area contributed by atoms with Gasteiger partial charge in [0.2, 0.25) is 5.91 Å². The Hall–Kier alpha value is -1.59. The van der Waals surface area contributed by atoms with Crippen LogP contribution in [0.15, 0.2) is 24.3 Å². The van der Waals surface area contributed by atoms with Gasteiger partial charge in [0.25, 0.3) is 0 Å². The summed E-state index contributed by atoms with van der Waals surface area (Å²) in [6, 6.07) is 8.57. The van der Waals surface area contributed by atoms with Gasteiger partial charge in [-0.15, -0.1) is 0 Å². The molecule has 0 aromatic heterocycles. The van der Waals surface area contributed by atoms with Crippen LogP contribution in [0, 0.1) is 5.92 Å². The molecule has 26 heavy (non-hydrogen) atoms. The summed E-state index contributed by atoms with van der Waals surface area (Å²) in [5.41, 5.74) is 1.06. The number of amides is 1. The second-order valence-corrected chi connectivity index (χ2v) is 7.39. The summed E-state index contributed by atoms with van der Waals surface area (Å²) in [6.07, 6.45) is 4.39. The van der Waals surface area contributed by atoms with E-state index >= 15 is 0 Å². The molecule has 0 radical (unpaired) electrons. The first kappa shape index (κ1) is 19.2. The highest BCUT2D eigenvalue weighted by Gasteiger charge is 2.33. The van der Waals surface area contributed by atoms with Crippen LogP contribution in [-0.2, 0) is 9.53 Å². The minimum atomic E-state index is -0.0129. The molecule has 1 aromatic rings. The third-order valence-electron chi connectivity index (χ3n) is 5.26. The van der Waals surface area contributed by atoms with Gasteiger partial charge < -0.3 is 14.8 Å². The van der Waals surface area contributed by atoms with Gasteiger partial charge in [-0.05, 0) is 44.6 Å². The summed E-state index contributed by atoms with van der Waals surface area (Å²) in [5, 5.41) is 3.23. The smallest absolute Gasteiger partial charge is 0.234 e. The van der Waals surface area contributed by atoms with E-state index < -0.39 is 0 Å². The largest absolute Gasteiger partial charge is 0.494 e. The number of hydrogen-bond acceptors (Lipinski definition) is 4. The van der Waals surface area contributed by atoms with Crippen LogP contribution in [0.3, 0.4) is 0 Å². The molecule has 2 unspecified atom stereocenters. The van der Waals surface area contributed by atoms with E-state index in [0.29, 0.717) is 25.1 Å². The molecule has 1 saturated carbocycles. The van der Waals surface area contributed by atoms with E-state index in [4.69, 9.17) is 9.47 Å². The van der Waals surface area contributed by atoms with E-state index in [0.717, 1.165) is 43.9 Å². The molecule has 1 amide bonds. The number of benzene rings is 1. The van der Waals surface area contributed by atoms with Crippen molar-refractivity contribution in [3.05, 3.63) is 29.8 Å². The zero-order valence-electron chi connectivity index (χ0n) is 16.1. The van der Waals surface area contributed by atoms with Crippen molar-refractivity contribution in [3.8, 4) is 5.75 Å². The topological polar surface area (TPSA) is 50.8 Å². The summed E-state index contributed by atoms with van der Waals surface area (Å²) in [6.45, 7) is 7.86. The van der Waals surface area contributed by atoms with Crippen molar-refractivity contribution in [2.75, 3.05) is 32.9 Å². The van der Waals surface area contributed by atoms with E-state index in [-0.39, 0.29) is 11.9 Å². The molecular formula is C21H32N2O3. The second kappa shape index (κ2) is 9.38. The lowest BCUT2D eigenvalue weighted by atomic mass is 10.0. The van der Waals surface area contributed by atoms with Crippen LogP contribution in [0.5, 0.6) is 5.75 Å². The Bertz CT molecular complexity index is 582. The monoisotopic (exact) mass is 360 g/mol. The van der Waals surface area contributed by atoms with Crippen molar-refractivity contribution in [1.82, 2.24) is 10.2 Å². The summed E-state index contributed by atoms with van der Waals surface area (Å²) in [5.74, 6) is 1.54. The van der Waals surface area contributed by atoms with E-state index in [1.807, 2.05) is 31.2 Å². The van der Waals surface area contributed by atoms with Crippen LogP contribution >= 0.6 is 0 Å². The minimum Gasteiger partial charge on any atom is -0.494 e. The van der Waals surface area contributed by atoms with Gasteiger partial charge in [-0.2, -0.15) is 0 Å². The Kier molecular flexibility index (Phi) is 6.92. The number of hydrogen-bond donors (Lipinski definition) is 1. The molecule has 1 aliphatic carbocycles. The van der Waals surface area contributed by atoms with E-state index in [2.05, 4.69) is 17.1 Å². The molecule has 5 heteroatoms. The van der Waals surface area contributed by atoms with Crippen molar-refractivity contribution < 1.29 is 14.3 Å². The normalized spacial score (nSPS) is 21.0. The minimum absolute atomic E-state index is 0.0129. The zero-order chi connectivity index (χ0) is 18.4. The first-order valence-electron chi connectivity index (χ1n) is 10.0. The van der Waals surface area contributed by atoms with E-state index in [9.17, 15) is 4.79 Å². The Morgan fingerprint density at radius 1 is 1.31 bits per heavy atom. The van der Waals surface area contributed by atoms with Gasteiger partial charge in [-0.3, -0.25) is 9.69 Å².